The second kappa shape index (κ2) is 9.53. The van der Waals surface area contributed by atoms with Crippen LogP contribution < -0.4 is 5.32 Å². The number of hydrogen-bond donors (Lipinski definition) is 1. The van der Waals surface area contributed by atoms with Gasteiger partial charge in [-0.15, -0.1) is 0 Å². The van der Waals surface area contributed by atoms with Gasteiger partial charge in [-0.3, -0.25) is 9.59 Å². The molecule has 0 radical (unpaired) electrons. The third-order valence-electron chi connectivity index (χ3n) is 5.76. The third-order valence-corrected chi connectivity index (χ3v) is 6.01. The first-order valence-corrected chi connectivity index (χ1v) is 11.2. The number of amides is 2. The molecule has 164 valence electrons. The molecule has 3 aromatic rings. The average Bonchev–Trinajstić information content (AvgIpc) is 3.18. The maximum Gasteiger partial charge on any atom is 0.254 e. The highest BCUT2D eigenvalue weighted by molar-refractivity contribution is 6.30. The van der Waals surface area contributed by atoms with E-state index in [0.717, 1.165) is 51.7 Å². The van der Waals surface area contributed by atoms with Gasteiger partial charge in [0.25, 0.3) is 5.91 Å². The van der Waals surface area contributed by atoms with Gasteiger partial charge in [0, 0.05) is 37.5 Å². The third kappa shape index (κ3) is 4.68. The van der Waals surface area contributed by atoms with E-state index in [1.165, 1.54) is 6.92 Å². The summed E-state index contributed by atoms with van der Waals surface area (Å²) in [6.07, 6.45) is 4.46. The summed E-state index contributed by atoms with van der Waals surface area (Å²) in [5, 5.41) is 4.37. The molecule has 0 atom stereocenters. The van der Waals surface area contributed by atoms with Crippen molar-refractivity contribution >= 4 is 46.0 Å². The highest BCUT2D eigenvalue weighted by atomic mass is 35.5. The lowest BCUT2D eigenvalue weighted by atomic mass is 9.99. The van der Waals surface area contributed by atoms with Crippen LogP contribution in [0.5, 0.6) is 0 Å². The Hall–Kier alpha value is -3.18. The van der Waals surface area contributed by atoms with Crippen molar-refractivity contribution in [2.75, 3.05) is 20.1 Å². The van der Waals surface area contributed by atoms with Gasteiger partial charge in [0.05, 0.1) is 16.8 Å². The summed E-state index contributed by atoms with van der Waals surface area (Å²) in [7, 11) is 1.82. The van der Waals surface area contributed by atoms with E-state index >= 15 is 0 Å². The van der Waals surface area contributed by atoms with Gasteiger partial charge in [0.1, 0.15) is 0 Å². The predicted octanol–water partition coefficient (Wildman–Crippen LogP) is 4.97. The minimum absolute atomic E-state index is 0.00424. The highest BCUT2D eigenvalue weighted by Crippen LogP contribution is 2.38. The van der Waals surface area contributed by atoms with Crippen molar-refractivity contribution in [2.24, 2.45) is 0 Å². The molecular weight excluding hydrogens is 422 g/mol. The Labute approximate surface area is 193 Å². The fourth-order valence-electron chi connectivity index (χ4n) is 4.16. The molecule has 0 fully saturated rings. The minimum atomic E-state index is -0.0584. The summed E-state index contributed by atoms with van der Waals surface area (Å²) in [4.78, 5) is 31.3. The SMILES string of the molecule is CC(=O)NCCCN(C)C(=O)c1c2c(nc3ccccc13)/C(=C\c1ccc(Cl)cc1)CC2. The van der Waals surface area contributed by atoms with Gasteiger partial charge in [0.15, 0.2) is 0 Å². The molecule has 32 heavy (non-hydrogen) atoms. The number of fused-ring (bicyclic) bond motifs is 2. The second-order valence-electron chi connectivity index (χ2n) is 8.12. The summed E-state index contributed by atoms with van der Waals surface area (Å²) < 4.78 is 0. The monoisotopic (exact) mass is 447 g/mol. The summed E-state index contributed by atoms with van der Waals surface area (Å²) in [5.74, 6) is -0.0626. The summed E-state index contributed by atoms with van der Waals surface area (Å²) >= 11 is 6.03. The van der Waals surface area contributed by atoms with Crippen molar-refractivity contribution in [1.82, 2.24) is 15.2 Å². The lowest BCUT2D eigenvalue weighted by molar-refractivity contribution is -0.118. The van der Waals surface area contributed by atoms with Gasteiger partial charge in [-0.2, -0.15) is 0 Å². The van der Waals surface area contributed by atoms with E-state index in [-0.39, 0.29) is 11.8 Å². The number of nitrogens with zero attached hydrogens (tertiary/aromatic N) is 2. The number of hydrogen-bond acceptors (Lipinski definition) is 3. The minimum Gasteiger partial charge on any atom is -0.356 e. The van der Waals surface area contributed by atoms with E-state index in [1.807, 2.05) is 55.6 Å². The highest BCUT2D eigenvalue weighted by Gasteiger charge is 2.28. The van der Waals surface area contributed by atoms with E-state index in [1.54, 1.807) is 4.90 Å². The first-order chi connectivity index (χ1) is 15.4. The van der Waals surface area contributed by atoms with E-state index < -0.39 is 0 Å². The van der Waals surface area contributed by atoms with Crippen LogP contribution in [0.15, 0.2) is 48.5 Å². The number of nitrogens with one attached hydrogen (secondary N) is 1. The average molecular weight is 448 g/mol. The molecule has 1 aliphatic carbocycles. The number of rotatable bonds is 6. The van der Waals surface area contributed by atoms with Gasteiger partial charge in [-0.1, -0.05) is 41.9 Å². The Morgan fingerprint density at radius 1 is 1.12 bits per heavy atom. The molecule has 5 nitrogen and oxygen atoms in total. The Morgan fingerprint density at radius 2 is 1.88 bits per heavy atom. The number of carbonyl (C=O) groups excluding carboxylic acids is 2. The smallest absolute Gasteiger partial charge is 0.254 e. The van der Waals surface area contributed by atoms with Crippen molar-refractivity contribution < 1.29 is 9.59 Å². The molecule has 0 unspecified atom stereocenters. The molecule has 1 aliphatic rings. The number of pyridine rings is 1. The summed E-state index contributed by atoms with van der Waals surface area (Å²) in [6.45, 7) is 2.62. The van der Waals surface area contributed by atoms with Gasteiger partial charge in [-0.05, 0) is 60.2 Å². The fraction of sp³-hybridized carbons (Fsp3) is 0.269. The largest absolute Gasteiger partial charge is 0.356 e. The summed E-state index contributed by atoms with van der Waals surface area (Å²) in [6, 6.07) is 15.6. The quantitative estimate of drug-likeness (QED) is 0.542. The zero-order valence-corrected chi connectivity index (χ0v) is 19.1. The second-order valence-corrected chi connectivity index (χ2v) is 8.55. The first-order valence-electron chi connectivity index (χ1n) is 10.8. The molecule has 1 heterocycles. The van der Waals surface area contributed by atoms with Gasteiger partial charge < -0.3 is 10.2 Å². The predicted molar refractivity (Wildman–Crippen MR) is 130 cm³/mol. The van der Waals surface area contributed by atoms with Gasteiger partial charge in [-0.25, -0.2) is 4.98 Å². The van der Waals surface area contributed by atoms with Crippen molar-refractivity contribution in [2.45, 2.75) is 26.2 Å². The maximum absolute atomic E-state index is 13.5. The number of aromatic nitrogens is 1. The van der Waals surface area contributed by atoms with E-state index in [0.29, 0.717) is 24.5 Å². The van der Waals surface area contributed by atoms with Crippen LogP contribution in [0.4, 0.5) is 0 Å². The molecule has 2 amide bonds. The molecule has 0 saturated heterocycles. The Bertz CT molecular complexity index is 1200. The van der Waals surface area contributed by atoms with E-state index in [4.69, 9.17) is 16.6 Å². The molecule has 4 rings (SSSR count). The molecule has 0 bridgehead atoms. The maximum atomic E-state index is 13.5. The molecule has 6 heteroatoms. The standard InChI is InChI=1S/C26H26ClN3O2/c1-17(31)28-14-5-15-30(2)26(32)24-21-6-3-4-7-23(21)29-25-19(10-13-22(24)25)16-18-8-11-20(27)12-9-18/h3-4,6-9,11-12,16H,5,10,13-15H2,1-2H3,(H,28,31)/b19-16-. The number of carbonyl (C=O) groups is 2. The molecule has 0 saturated carbocycles. The molecule has 2 aromatic carbocycles. The van der Waals surface area contributed by atoms with Gasteiger partial charge in [0.2, 0.25) is 5.91 Å². The Morgan fingerprint density at radius 3 is 2.62 bits per heavy atom. The van der Waals surface area contributed by atoms with Crippen LogP contribution >= 0.6 is 11.6 Å². The first kappa shape index (κ1) is 22.0. The number of halogens is 1. The van der Waals surface area contributed by atoms with Crippen LogP contribution in [0, 0.1) is 0 Å². The van der Waals surface area contributed by atoms with Crippen LogP contribution in [0.3, 0.4) is 0 Å². The van der Waals surface area contributed by atoms with Crippen LogP contribution in [0.2, 0.25) is 5.02 Å². The summed E-state index contributed by atoms with van der Waals surface area (Å²) in [5.41, 5.74) is 5.69. The lowest BCUT2D eigenvalue weighted by Gasteiger charge is -2.20. The molecule has 0 aliphatic heterocycles. The molecule has 0 spiro atoms. The zero-order chi connectivity index (χ0) is 22.7. The Kier molecular flexibility index (Phi) is 6.56. The van der Waals surface area contributed by atoms with Crippen molar-refractivity contribution in [3.63, 3.8) is 0 Å². The Balaban J connectivity index is 1.69. The molecular formula is C26H26ClN3O2. The van der Waals surface area contributed by atoms with Crippen LogP contribution in [0.1, 0.15) is 46.9 Å². The van der Waals surface area contributed by atoms with Crippen LogP contribution in [-0.2, 0) is 11.2 Å². The number of benzene rings is 2. The number of para-hydroxylation sites is 1. The lowest BCUT2D eigenvalue weighted by Crippen LogP contribution is -2.31. The zero-order valence-electron chi connectivity index (χ0n) is 18.3. The number of allylic oxidation sites excluding steroid dienone is 1. The van der Waals surface area contributed by atoms with Crippen molar-refractivity contribution in [3.8, 4) is 0 Å². The van der Waals surface area contributed by atoms with E-state index in [9.17, 15) is 9.59 Å². The molecule has 1 aromatic heterocycles. The van der Waals surface area contributed by atoms with E-state index in [2.05, 4.69) is 11.4 Å². The fourth-order valence-corrected chi connectivity index (χ4v) is 4.28. The normalized spacial score (nSPS) is 13.9. The van der Waals surface area contributed by atoms with Crippen molar-refractivity contribution in [1.29, 1.82) is 0 Å². The van der Waals surface area contributed by atoms with Gasteiger partial charge >= 0.3 is 0 Å². The van der Waals surface area contributed by atoms with Crippen LogP contribution in [0.25, 0.3) is 22.6 Å². The topological polar surface area (TPSA) is 62.3 Å². The van der Waals surface area contributed by atoms with Crippen molar-refractivity contribution in [3.05, 3.63) is 75.9 Å². The van der Waals surface area contributed by atoms with Crippen LogP contribution in [-0.4, -0.2) is 41.8 Å². The molecule has 1 N–H and O–H groups in total.